The number of rotatable bonds is 1. The third kappa shape index (κ3) is 2.45. The van der Waals surface area contributed by atoms with Crippen LogP contribution in [0.3, 0.4) is 0 Å². The summed E-state index contributed by atoms with van der Waals surface area (Å²) in [5.41, 5.74) is 0. The summed E-state index contributed by atoms with van der Waals surface area (Å²) in [6, 6.07) is 0.745. The summed E-state index contributed by atoms with van der Waals surface area (Å²) in [6.45, 7) is 3.23. The Kier molecular flexibility index (Phi) is 4.37. The molecule has 10 atom stereocenters. The van der Waals surface area contributed by atoms with Gasteiger partial charge in [-0.05, 0) is 44.1 Å². The van der Waals surface area contributed by atoms with Crippen LogP contribution >= 0.6 is 0 Å². The van der Waals surface area contributed by atoms with Gasteiger partial charge < -0.3 is 9.47 Å². The van der Waals surface area contributed by atoms with Crippen LogP contribution in [-0.2, 0) is 19.1 Å². The van der Waals surface area contributed by atoms with Crippen molar-refractivity contribution in [1.82, 2.24) is 9.80 Å². The second-order valence-corrected chi connectivity index (χ2v) is 10.3. The number of amides is 2. The minimum absolute atomic E-state index is 0.0325. The fourth-order valence-electron chi connectivity index (χ4n) is 8.14. The summed E-state index contributed by atoms with van der Waals surface area (Å²) in [7, 11) is 1.67. The fraction of sp³-hybridized carbons (Fsp3) is 0.913. The molecule has 3 saturated heterocycles. The Morgan fingerprint density at radius 3 is 2.21 bits per heavy atom. The van der Waals surface area contributed by atoms with Gasteiger partial charge in [0.05, 0.1) is 30.1 Å². The minimum Gasteiger partial charge on any atom is -0.369 e. The van der Waals surface area contributed by atoms with Crippen LogP contribution in [0, 0.1) is 23.7 Å². The Morgan fingerprint density at radius 1 is 0.862 bits per heavy atom. The van der Waals surface area contributed by atoms with E-state index in [0.29, 0.717) is 12.0 Å². The van der Waals surface area contributed by atoms with E-state index in [2.05, 4.69) is 11.8 Å². The van der Waals surface area contributed by atoms with Crippen molar-refractivity contribution < 1.29 is 19.1 Å². The molecule has 10 unspecified atom stereocenters. The van der Waals surface area contributed by atoms with E-state index in [9.17, 15) is 9.59 Å². The van der Waals surface area contributed by atoms with E-state index < -0.39 is 0 Å². The topological polar surface area (TPSA) is 59.1 Å². The average Bonchev–Trinajstić information content (AvgIpc) is 3.20. The van der Waals surface area contributed by atoms with Gasteiger partial charge in [0, 0.05) is 19.1 Å². The molecule has 0 radical (unpaired) electrons. The number of imide groups is 1. The molecule has 3 heterocycles. The highest BCUT2D eigenvalue weighted by Crippen LogP contribution is 2.57. The molecule has 3 aliphatic carbocycles. The van der Waals surface area contributed by atoms with Gasteiger partial charge in [0.1, 0.15) is 6.10 Å². The second kappa shape index (κ2) is 6.76. The van der Waals surface area contributed by atoms with Gasteiger partial charge in [-0.15, -0.1) is 0 Å². The zero-order chi connectivity index (χ0) is 19.9. The summed E-state index contributed by atoms with van der Waals surface area (Å²) < 4.78 is 13.5. The zero-order valence-electron chi connectivity index (χ0n) is 17.7. The predicted molar refractivity (Wildman–Crippen MR) is 106 cm³/mol. The molecule has 0 N–H and O–H groups in total. The van der Waals surface area contributed by atoms with E-state index in [4.69, 9.17) is 9.47 Å². The Balaban J connectivity index is 1.45. The second-order valence-electron chi connectivity index (χ2n) is 10.3. The smallest absolute Gasteiger partial charge is 0.235 e. The molecule has 0 aromatic carbocycles. The van der Waals surface area contributed by atoms with Crippen molar-refractivity contribution >= 4 is 11.8 Å². The minimum atomic E-state index is -0.346. The zero-order valence-corrected chi connectivity index (χ0v) is 17.7. The number of nitrogens with zero attached hydrogens (tertiary/aromatic N) is 2. The van der Waals surface area contributed by atoms with Gasteiger partial charge in [-0.25, -0.2) is 0 Å². The third-order valence-electron chi connectivity index (χ3n) is 9.20. The Labute approximate surface area is 173 Å². The van der Waals surface area contributed by atoms with E-state index in [-0.39, 0.29) is 60.0 Å². The van der Waals surface area contributed by atoms with Crippen molar-refractivity contribution in [2.75, 3.05) is 13.6 Å². The molecule has 0 aromatic rings. The number of ether oxygens (including phenoxy) is 2. The number of likely N-dealkylation sites (tertiary alicyclic amines) is 2. The maximum Gasteiger partial charge on any atom is 0.235 e. The van der Waals surface area contributed by atoms with Crippen LogP contribution in [0.15, 0.2) is 0 Å². The predicted octanol–water partition coefficient (Wildman–Crippen LogP) is 2.21. The molecule has 0 spiro atoms. The highest BCUT2D eigenvalue weighted by Gasteiger charge is 2.69. The summed E-state index contributed by atoms with van der Waals surface area (Å²) >= 11 is 0. The number of carbonyl (C=O) groups is 2. The van der Waals surface area contributed by atoms with Gasteiger partial charge in [-0.1, -0.05) is 32.6 Å². The molecule has 6 heteroatoms. The van der Waals surface area contributed by atoms with E-state index in [1.54, 1.807) is 7.05 Å². The normalized spacial score (nSPS) is 51.9. The molecule has 6 aliphatic rings. The molecule has 3 aliphatic heterocycles. The van der Waals surface area contributed by atoms with Gasteiger partial charge in [0.2, 0.25) is 11.8 Å². The van der Waals surface area contributed by atoms with Crippen molar-refractivity contribution in [3.8, 4) is 0 Å². The van der Waals surface area contributed by atoms with Gasteiger partial charge in [-0.3, -0.25) is 19.4 Å². The van der Waals surface area contributed by atoms with E-state index >= 15 is 0 Å². The first kappa shape index (κ1) is 18.8. The van der Waals surface area contributed by atoms with Crippen molar-refractivity contribution in [2.45, 2.75) is 94.8 Å². The van der Waals surface area contributed by atoms with Crippen molar-refractivity contribution in [3.05, 3.63) is 0 Å². The molecule has 0 bridgehead atoms. The van der Waals surface area contributed by atoms with Gasteiger partial charge >= 0.3 is 0 Å². The number of hydrogen-bond acceptors (Lipinski definition) is 5. The molecule has 160 valence electrons. The number of carbonyl (C=O) groups excluding carboxylic acids is 2. The molecular weight excluding hydrogens is 368 g/mol. The van der Waals surface area contributed by atoms with Crippen molar-refractivity contribution in [2.24, 2.45) is 23.7 Å². The first-order chi connectivity index (χ1) is 14.1. The van der Waals surface area contributed by atoms with Crippen LogP contribution < -0.4 is 0 Å². The first-order valence-electron chi connectivity index (χ1n) is 12.0. The lowest BCUT2D eigenvalue weighted by atomic mass is 9.62. The summed E-state index contributed by atoms with van der Waals surface area (Å²) in [5, 5.41) is 0. The first-order valence-corrected chi connectivity index (χ1v) is 12.0. The lowest BCUT2D eigenvalue weighted by molar-refractivity contribution is -0.272. The fourth-order valence-corrected chi connectivity index (χ4v) is 8.14. The maximum absolute atomic E-state index is 13.3. The van der Waals surface area contributed by atoms with Crippen LogP contribution in [0.2, 0.25) is 0 Å². The number of likely N-dealkylation sites (N-methyl/N-ethyl adjacent to an activating group) is 1. The average molecular weight is 403 g/mol. The van der Waals surface area contributed by atoms with Gasteiger partial charge in [-0.2, -0.15) is 0 Å². The Morgan fingerprint density at radius 2 is 1.48 bits per heavy atom. The van der Waals surface area contributed by atoms with Crippen molar-refractivity contribution in [1.29, 1.82) is 0 Å². The van der Waals surface area contributed by atoms with Crippen LogP contribution in [0.5, 0.6) is 0 Å². The quantitative estimate of drug-likeness (QED) is 0.630. The molecule has 2 amide bonds. The van der Waals surface area contributed by atoms with Gasteiger partial charge in [0.15, 0.2) is 0 Å². The van der Waals surface area contributed by atoms with E-state index in [1.807, 2.05) is 0 Å². The molecule has 6 nitrogen and oxygen atoms in total. The summed E-state index contributed by atoms with van der Waals surface area (Å²) in [6.07, 6.45) is 9.26. The lowest BCUT2D eigenvalue weighted by Crippen LogP contribution is -2.66. The lowest BCUT2D eigenvalue weighted by Gasteiger charge is -2.54. The number of fused-ring (bicyclic) bond motifs is 9. The van der Waals surface area contributed by atoms with Gasteiger partial charge in [0.25, 0.3) is 0 Å². The number of hydrogen-bond donors (Lipinski definition) is 0. The Bertz CT molecular complexity index is 713. The molecule has 29 heavy (non-hydrogen) atoms. The molecular formula is C23H34N2O4. The standard InChI is InChI=1S/C23H34N2O4/c1-3-25-13-9-5-4-8-12(13)16-17-18(23(27)24(2)22(17)26)20-21(19(16)25)29-15-11-7-6-10-14(15)28-20/h12-21H,3-11H2,1-2H3. The highest BCUT2D eigenvalue weighted by atomic mass is 16.6. The third-order valence-corrected chi connectivity index (χ3v) is 9.20. The summed E-state index contributed by atoms with van der Waals surface area (Å²) in [4.78, 5) is 30.6. The Hall–Kier alpha value is -0.980. The molecule has 3 saturated carbocycles. The van der Waals surface area contributed by atoms with Crippen molar-refractivity contribution in [3.63, 3.8) is 0 Å². The maximum atomic E-state index is 13.3. The van der Waals surface area contributed by atoms with Crippen LogP contribution in [0.1, 0.15) is 58.3 Å². The molecule has 0 aromatic heterocycles. The largest absolute Gasteiger partial charge is 0.369 e. The van der Waals surface area contributed by atoms with Crippen LogP contribution in [-0.4, -0.2) is 71.7 Å². The highest BCUT2D eigenvalue weighted by molar-refractivity contribution is 6.05. The monoisotopic (exact) mass is 402 g/mol. The SMILES string of the molecule is CCN1C2CCCCC2C2C3C(=O)N(C)C(=O)C3C3OC4CCCCC4OC3C21. The van der Waals surface area contributed by atoms with Crippen LogP contribution in [0.4, 0.5) is 0 Å². The van der Waals surface area contributed by atoms with Crippen LogP contribution in [0.25, 0.3) is 0 Å². The molecule has 6 rings (SSSR count). The van der Waals surface area contributed by atoms with E-state index in [0.717, 1.165) is 19.4 Å². The summed E-state index contributed by atoms with van der Waals surface area (Å²) in [5.74, 6) is 0.180. The molecule has 6 fully saturated rings. The van der Waals surface area contributed by atoms with E-state index in [1.165, 1.54) is 43.4 Å².